The largest absolute Gasteiger partial charge is 0.457 e. The molecule has 2 heterocycles. The van der Waals surface area contributed by atoms with Gasteiger partial charge in [0.05, 0.1) is 5.56 Å². The molecule has 1 aromatic rings. The second-order valence-corrected chi connectivity index (χ2v) is 4.72. The van der Waals surface area contributed by atoms with Crippen LogP contribution in [0.1, 0.15) is 10.4 Å². The normalized spacial score (nSPS) is 17.5. The van der Waals surface area contributed by atoms with Crippen LogP contribution in [0.25, 0.3) is 0 Å². The number of nitrogens with zero attached hydrogens (tertiary/aromatic N) is 1. The minimum absolute atomic E-state index is 0.0704. The van der Waals surface area contributed by atoms with E-state index in [2.05, 4.69) is 33.2 Å². The molecule has 0 bridgehead atoms. The zero-order chi connectivity index (χ0) is 10.8. The van der Waals surface area contributed by atoms with Crippen LogP contribution >= 0.6 is 15.9 Å². The molecule has 1 N–H and O–H groups in total. The summed E-state index contributed by atoms with van der Waals surface area (Å²) < 4.78 is 5.58. The average molecular weight is 273 g/mol. The predicted molar refractivity (Wildman–Crippen MR) is 59.7 cm³/mol. The topological polar surface area (TPSA) is 45.5 Å². The molecule has 1 aliphatic rings. The van der Waals surface area contributed by atoms with Crippen molar-refractivity contribution < 1.29 is 9.21 Å². The Kier molecular flexibility index (Phi) is 3.11. The number of likely N-dealkylation sites (tertiary alicyclic amines) is 1. The van der Waals surface area contributed by atoms with Gasteiger partial charge in [-0.1, -0.05) is 0 Å². The zero-order valence-corrected chi connectivity index (χ0v) is 10.1. The van der Waals surface area contributed by atoms with Crippen LogP contribution in [0, 0.1) is 5.92 Å². The number of hydrogen-bond acceptors (Lipinski definition) is 3. The van der Waals surface area contributed by atoms with Crippen LogP contribution in [0.2, 0.25) is 0 Å². The zero-order valence-electron chi connectivity index (χ0n) is 8.50. The van der Waals surface area contributed by atoms with E-state index in [1.54, 1.807) is 6.07 Å². The van der Waals surface area contributed by atoms with Crippen molar-refractivity contribution in [2.45, 2.75) is 0 Å². The number of amides is 1. The highest BCUT2D eigenvalue weighted by molar-refractivity contribution is 9.10. The molecular weight excluding hydrogens is 260 g/mol. The molecule has 1 fully saturated rings. The molecule has 0 unspecified atom stereocenters. The summed E-state index contributed by atoms with van der Waals surface area (Å²) in [4.78, 5) is 13.8. The molecule has 0 radical (unpaired) electrons. The maximum atomic E-state index is 11.6. The summed E-state index contributed by atoms with van der Waals surface area (Å²) in [6.07, 6.45) is 1.45. The first kappa shape index (κ1) is 10.7. The van der Waals surface area contributed by atoms with Crippen LogP contribution in [0.5, 0.6) is 0 Å². The van der Waals surface area contributed by atoms with Crippen molar-refractivity contribution >= 4 is 21.8 Å². The Hall–Kier alpha value is -0.810. The van der Waals surface area contributed by atoms with Gasteiger partial charge in [0.1, 0.15) is 6.26 Å². The fourth-order valence-electron chi connectivity index (χ4n) is 1.73. The van der Waals surface area contributed by atoms with Crippen LogP contribution < -0.4 is 5.32 Å². The third-order valence-electron chi connectivity index (χ3n) is 2.52. The Bertz CT molecular complexity index is 358. The SMILES string of the molecule is CN1CC(CNC(=O)c2coc(Br)c2)C1. The number of halogens is 1. The standard InChI is InChI=1S/C10H13BrN2O2/c1-13-4-7(5-13)3-12-10(14)8-2-9(11)15-6-8/h2,6-7H,3-5H2,1H3,(H,12,14). The second kappa shape index (κ2) is 4.37. The summed E-state index contributed by atoms with van der Waals surface area (Å²) in [5, 5.41) is 2.89. The van der Waals surface area contributed by atoms with Crippen LogP contribution in [0.4, 0.5) is 0 Å². The van der Waals surface area contributed by atoms with E-state index in [4.69, 9.17) is 4.42 Å². The van der Waals surface area contributed by atoms with Gasteiger partial charge in [-0.2, -0.15) is 0 Å². The van der Waals surface area contributed by atoms with Crippen molar-refractivity contribution in [2.24, 2.45) is 5.92 Å². The number of rotatable bonds is 3. The lowest BCUT2D eigenvalue weighted by atomic mass is 10.0. The first-order valence-corrected chi connectivity index (χ1v) is 5.65. The average Bonchev–Trinajstić information content (AvgIpc) is 2.57. The third-order valence-corrected chi connectivity index (χ3v) is 2.94. The van der Waals surface area contributed by atoms with Crippen molar-refractivity contribution in [3.05, 3.63) is 22.6 Å². The highest BCUT2D eigenvalue weighted by atomic mass is 79.9. The smallest absolute Gasteiger partial charge is 0.254 e. The summed E-state index contributed by atoms with van der Waals surface area (Å²) in [5.74, 6) is 0.522. The number of hydrogen-bond donors (Lipinski definition) is 1. The van der Waals surface area contributed by atoms with E-state index < -0.39 is 0 Å². The molecule has 0 atom stereocenters. The Morgan fingerprint density at radius 2 is 2.47 bits per heavy atom. The fraction of sp³-hybridized carbons (Fsp3) is 0.500. The van der Waals surface area contributed by atoms with Gasteiger partial charge in [-0.25, -0.2) is 0 Å². The van der Waals surface area contributed by atoms with Gasteiger partial charge in [0.25, 0.3) is 5.91 Å². The van der Waals surface area contributed by atoms with Crippen molar-refractivity contribution in [1.82, 2.24) is 10.2 Å². The molecule has 1 amide bonds. The first-order chi connectivity index (χ1) is 7.15. The minimum Gasteiger partial charge on any atom is -0.457 e. The number of carbonyl (C=O) groups is 1. The van der Waals surface area contributed by atoms with Gasteiger partial charge in [-0.15, -0.1) is 0 Å². The molecule has 0 saturated carbocycles. The Labute approximate surface area is 96.7 Å². The van der Waals surface area contributed by atoms with E-state index in [9.17, 15) is 4.79 Å². The van der Waals surface area contributed by atoms with Gasteiger partial charge in [0.15, 0.2) is 4.67 Å². The van der Waals surface area contributed by atoms with Gasteiger partial charge in [-0.05, 0) is 23.0 Å². The maximum absolute atomic E-state index is 11.6. The lowest BCUT2D eigenvalue weighted by Crippen LogP contribution is -2.49. The molecule has 4 nitrogen and oxygen atoms in total. The minimum atomic E-state index is -0.0704. The van der Waals surface area contributed by atoms with Crippen LogP contribution in [-0.4, -0.2) is 37.5 Å². The molecule has 15 heavy (non-hydrogen) atoms. The maximum Gasteiger partial charge on any atom is 0.254 e. The van der Waals surface area contributed by atoms with Crippen LogP contribution in [0.3, 0.4) is 0 Å². The monoisotopic (exact) mass is 272 g/mol. The summed E-state index contributed by atoms with van der Waals surface area (Å²) >= 11 is 3.16. The highest BCUT2D eigenvalue weighted by Crippen LogP contribution is 2.14. The molecule has 0 spiro atoms. The molecule has 1 saturated heterocycles. The van der Waals surface area contributed by atoms with Gasteiger partial charge in [-0.3, -0.25) is 4.79 Å². The number of nitrogens with one attached hydrogen (secondary N) is 1. The van der Waals surface area contributed by atoms with E-state index in [1.165, 1.54) is 6.26 Å². The number of carbonyl (C=O) groups excluding carboxylic acids is 1. The highest BCUT2D eigenvalue weighted by Gasteiger charge is 2.23. The first-order valence-electron chi connectivity index (χ1n) is 4.86. The van der Waals surface area contributed by atoms with Gasteiger partial charge >= 0.3 is 0 Å². The van der Waals surface area contributed by atoms with Crippen molar-refractivity contribution in [1.29, 1.82) is 0 Å². The molecule has 5 heteroatoms. The van der Waals surface area contributed by atoms with E-state index >= 15 is 0 Å². The molecule has 82 valence electrons. The molecule has 1 aromatic heterocycles. The molecular formula is C10H13BrN2O2. The van der Waals surface area contributed by atoms with Crippen molar-refractivity contribution in [3.63, 3.8) is 0 Å². The summed E-state index contributed by atoms with van der Waals surface area (Å²) in [6, 6.07) is 1.67. The predicted octanol–water partition coefficient (Wildman–Crippen LogP) is 1.33. The molecule has 0 aliphatic carbocycles. The van der Waals surface area contributed by atoms with Crippen molar-refractivity contribution in [3.8, 4) is 0 Å². The van der Waals surface area contributed by atoms with E-state index in [0.717, 1.165) is 19.6 Å². The lowest BCUT2D eigenvalue weighted by Gasteiger charge is -2.36. The van der Waals surface area contributed by atoms with Crippen molar-refractivity contribution in [2.75, 3.05) is 26.7 Å². The lowest BCUT2D eigenvalue weighted by molar-refractivity contribution is 0.0897. The number of furan rings is 1. The van der Waals surface area contributed by atoms with Gasteiger partial charge in [0.2, 0.25) is 0 Å². The van der Waals surface area contributed by atoms with Gasteiger partial charge in [0, 0.05) is 31.6 Å². The molecule has 1 aliphatic heterocycles. The fourth-order valence-corrected chi connectivity index (χ4v) is 2.07. The quantitative estimate of drug-likeness (QED) is 0.903. The summed E-state index contributed by atoms with van der Waals surface area (Å²) in [7, 11) is 2.07. The summed E-state index contributed by atoms with van der Waals surface area (Å²) in [6.45, 7) is 2.87. The van der Waals surface area contributed by atoms with Gasteiger partial charge < -0.3 is 14.6 Å². The Morgan fingerprint density at radius 1 is 1.73 bits per heavy atom. The molecule has 2 rings (SSSR count). The second-order valence-electron chi connectivity index (χ2n) is 3.94. The Morgan fingerprint density at radius 3 is 3.00 bits per heavy atom. The third kappa shape index (κ3) is 2.60. The molecule has 0 aromatic carbocycles. The van der Waals surface area contributed by atoms with Crippen LogP contribution in [0.15, 0.2) is 21.4 Å². The Balaban J connectivity index is 1.78. The van der Waals surface area contributed by atoms with Crippen LogP contribution in [-0.2, 0) is 0 Å². The van der Waals surface area contributed by atoms with E-state index in [0.29, 0.717) is 16.2 Å². The summed E-state index contributed by atoms with van der Waals surface area (Å²) in [5.41, 5.74) is 0.564. The van der Waals surface area contributed by atoms with E-state index in [1.807, 2.05) is 0 Å². The van der Waals surface area contributed by atoms with E-state index in [-0.39, 0.29) is 5.91 Å².